The molecule has 0 N–H and O–H groups in total. The van der Waals surface area contributed by atoms with Gasteiger partial charge in [0.25, 0.3) is 5.91 Å². The Morgan fingerprint density at radius 2 is 1.66 bits per heavy atom. The highest BCUT2D eigenvalue weighted by Gasteiger charge is 2.17. The van der Waals surface area contributed by atoms with E-state index in [4.69, 9.17) is 9.47 Å². The van der Waals surface area contributed by atoms with Crippen molar-refractivity contribution in [3.63, 3.8) is 0 Å². The molecule has 0 bridgehead atoms. The van der Waals surface area contributed by atoms with Crippen LogP contribution in [0.5, 0.6) is 5.75 Å². The summed E-state index contributed by atoms with van der Waals surface area (Å²) in [6, 6.07) is 13.4. The van der Waals surface area contributed by atoms with Gasteiger partial charge in [-0.2, -0.15) is 0 Å². The average Bonchev–Trinajstić information content (AvgIpc) is 2.70. The van der Waals surface area contributed by atoms with Gasteiger partial charge in [0.15, 0.2) is 19.0 Å². The van der Waals surface area contributed by atoms with E-state index in [9.17, 15) is 19.7 Å². The first kappa shape index (κ1) is 21.7. The van der Waals surface area contributed by atoms with E-state index in [0.29, 0.717) is 6.54 Å². The first-order valence-corrected chi connectivity index (χ1v) is 8.80. The second kappa shape index (κ2) is 10.1. The molecule has 2 rings (SSSR count). The second-order valence-corrected chi connectivity index (χ2v) is 6.48. The number of carbonyl (C=O) groups is 2. The van der Waals surface area contributed by atoms with Gasteiger partial charge >= 0.3 is 11.7 Å². The molecule has 0 saturated heterocycles. The third-order valence-electron chi connectivity index (χ3n) is 4.06. The maximum atomic E-state index is 12.2. The number of likely N-dealkylation sites (N-methyl/N-ethyl adjacent to an activating group) is 1. The second-order valence-electron chi connectivity index (χ2n) is 6.48. The molecular weight excluding hydrogens is 378 g/mol. The highest BCUT2D eigenvalue weighted by Crippen LogP contribution is 2.25. The van der Waals surface area contributed by atoms with Crippen molar-refractivity contribution in [1.82, 2.24) is 4.90 Å². The van der Waals surface area contributed by atoms with Gasteiger partial charge in [-0.1, -0.05) is 24.3 Å². The first-order valence-electron chi connectivity index (χ1n) is 8.80. The fraction of sp³-hybridized carbons (Fsp3) is 0.300. The lowest BCUT2D eigenvalue weighted by Crippen LogP contribution is -2.31. The zero-order chi connectivity index (χ0) is 21.4. The number of esters is 1. The van der Waals surface area contributed by atoms with Crippen LogP contribution in [0.2, 0.25) is 0 Å². The van der Waals surface area contributed by atoms with Gasteiger partial charge in [0, 0.05) is 39.4 Å². The summed E-state index contributed by atoms with van der Waals surface area (Å²) in [5.41, 5.74) is 1.74. The molecule has 9 nitrogen and oxygen atoms in total. The van der Waals surface area contributed by atoms with Crippen LogP contribution in [0.1, 0.15) is 5.56 Å². The minimum absolute atomic E-state index is 0.0425. The molecule has 0 aliphatic heterocycles. The minimum Gasteiger partial charge on any atom is -0.475 e. The molecule has 29 heavy (non-hydrogen) atoms. The molecule has 0 aliphatic carbocycles. The normalized spacial score (nSPS) is 10.2. The maximum Gasteiger partial charge on any atom is 0.344 e. The molecule has 2 aromatic carbocycles. The largest absolute Gasteiger partial charge is 0.475 e. The van der Waals surface area contributed by atoms with E-state index in [-0.39, 0.29) is 17.3 Å². The standard InChI is InChI=1S/C20H23N3O6/c1-21(2)16-10-8-15(9-11-16)12-22(3)19(24)13-29-20(25)14-28-18-7-5-4-6-17(18)23(26)27/h4-11H,12-14H2,1-3H3. The van der Waals surface area contributed by atoms with E-state index < -0.39 is 24.1 Å². The number of benzene rings is 2. The zero-order valence-electron chi connectivity index (χ0n) is 16.5. The van der Waals surface area contributed by atoms with E-state index in [1.807, 2.05) is 43.3 Å². The predicted octanol–water partition coefficient (Wildman–Crippen LogP) is 2.24. The molecular formula is C20H23N3O6. The zero-order valence-corrected chi connectivity index (χ0v) is 16.5. The summed E-state index contributed by atoms with van der Waals surface area (Å²) >= 11 is 0. The Hall–Kier alpha value is -3.62. The fourth-order valence-corrected chi connectivity index (χ4v) is 2.42. The molecule has 2 aromatic rings. The number of amides is 1. The van der Waals surface area contributed by atoms with Crippen molar-refractivity contribution >= 4 is 23.3 Å². The van der Waals surface area contributed by atoms with Crippen molar-refractivity contribution in [2.75, 3.05) is 39.3 Å². The molecule has 0 aromatic heterocycles. The Morgan fingerprint density at radius 1 is 1.00 bits per heavy atom. The molecule has 0 aliphatic rings. The van der Waals surface area contributed by atoms with Crippen LogP contribution in [-0.4, -0.2) is 56.1 Å². The summed E-state index contributed by atoms with van der Waals surface area (Å²) in [6.07, 6.45) is 0. The Kier molecular flexibility index (Phi) is 7.53. The molecule has 0 atom stereocenters. The lowest BCUT2D eigenvalue weighted by atomic mass is 10.2. The van der Waals surface area contributed by atoms with Gasteiger partial charge in [0.05, 0.1) is 4.92 Å². The average molecular weight is 401 g/mol. The van der Waals surface area contributed by atoms with Gasteiger partial charge in [-0.15, -0.1) is 0 Å². The first-order chi connectivity index (χ1) is 13.8. The van der Waals surface area contributed by atoms with Crippen molar-refractivity contribution in [2.24, 2.45) is 0 Å². The molecule has 9 heteroatoms. The number of hydrogen-bond acceptors (Lipinski definition) is 7. The molecule has 0 unspecified atom stereocenters. The lowest BCUT2D eigenvalue weighted by Gasteiger charge is -2.18. The summed E-state index contributed by atoms with van der Waals surface area (Å²) in [6.45, 7) is -0.601. The summed E-state index contributed by atoms with van der Waals surface area (Å²) in [5, 5.41) is 10.9. The number of carbonyl (C=O) groups excluding carboxylic acids is 2. The van der Waals surface area contributed by atoms with E-state index in [0.717, 1.165) is 11.3 Å². The van der Waals surface area contributed by atoms with Gasteiger partial charge in [-0.3, -0.25) is 14.9 Å². The topological polar surface area (TPSA) is 102 Å². The van der Waals surface area contributed by atoms with Crippen molar-refractivity contribution < 1.29 is 24.0 Å². The van der Waals surface area contributed by atoms with Gasteiger partial charge in [-0.05, 0) is 23.8 Å². The molecule has 0 fully saturated rings. The van der Waals surface area contributed by atoms with E-state index >= 15 is 0 Å². The van der Waals surface area contributed by atoms with E-state index in [1.54, 1.807) is 13.1 Å². The van der Waals surface area contributed by atoms with Gasteiger partial charge in [0.2, 0.25) is 0 Å². The van der Waals surface area contributed by atoms with Crippen molar-refractivity contribution in [2.45, 2.75) is 6.54 Å². The number of nitrogens with zero attached hydrogens (tertiary/aromatic N) is 3. The molecule has 154 valence electrons. The Balaban J connectivity index is 1.79. The van der Waals surface area contributed by atoms with Crippen LogP contribution < -0.4 is 9.64 Å². The number of nitro benzene ring substituents is 1. The molecule has 0 saturated carbocycles. The molecule has 1 amide bonds. The maximum absolute atomic E-state index is 12.2. The van der Waals surface area contributed by atoms with Crippen LogP contribution in [0, 0.1) is 10.1 Å². The highest BCUT2D eigenvalue weighted by atomic mass is 16.6. The Morgan fingerprint density at radius 3 is 2.28 bits per heavy atom. The summed E-state index contributed by atoms with van der Waals surface area (Å²) in [4.78, 5) is 37.7. The van der Waals surface area contributed by atoms with Gasteiger partial charge < -0.3 is 19.3 Å². The van der Waals surface area contributed by atoms with Gasteiger partial charge in [-0.25, -0.2) is 4.79 Å². The number of anilines is 1. The summed E-state index contributed by atoms with van der Waals surface area (Å²) in [7, 11) is 5.50. The van der Waals surface area contributed by atoms with Crippen molar-refractivity contribution in [3.05, 3.63) is 64.2 Å². The van der Waals surface area contributed by atoms with Crippen LogP contribution in [0.3, 0.4) is 0 Å². The number of rotatable bonds is 9. The van der Waals surface area contributed by atoms with Crippen LogP contribution in [-0.2, 0) is 20.9 Å². The fourth-order valence-electron chi connectivity index (χ4n) is 2.42. The van der Waals surface area contributed by atoms with E-state index in [1.165, 1.54) is 23.1 Å². The monoisotopic (exact) mass is 401 g/mol. The predicted molar refractivity (Wildman–Crippen MR) is 107 cm³/mol. The molecule has 0 spiro atoms. The SMILES string of the molecule is CN(Cc1ccc(N(C)C)cc1)C(=O)COC(=O)COc1ccccc1[N+](=O)[O-]. The quantitative estimate of drug-likeness (QED) is 0.361. The number of hydrogen-bond donors (Lipinski definition) is 0. The van der Waals surface area contributed by atoms with E-state index in [2.05, 4.69) is 0 Å². The number of nitro groups is 1. The van der Waals surface area contributed by atoms with Crippen molar-refractivity contribution in [3.8, 4) is 5.75 Å². The summed E-state index contributed by atoms with van der Waals surface area (Å²) < 4.78 is 10.0. The van der Waals surface area contributed by atoms with Crippen LogP contribution in [0.15, 0.2) is 48.5 Å². The van der Waals surface area contributed by atoms with Crippen molar-refractivity contribution in [1.29, 1.82) is 0 Å². The lowest BCUT2D eigenvalue weighted by molar-refractivity contribution is -0.385. The minimum atomic E-state index is -0.791. The van der Waals surface area contributed by atoms with Crippen LogP contribution in [0.4, 0.5) is 11.4 Å². The third kappa shape index (κ3) is 6.49. The molecule has 0 heterocycles. The smallest absolute Gasteiger partial charge is 0.344 e. The third-order valence-corrected chi connectivity index (χ3v) is 4.06. The van der Waals surface area contributed by atoms with Gasteiger partial charge in [0.1, 0.15) is 0 Å². The Bertz CT molecular complexity index is 867. The van der Waals surface area contributed by atoms with Crippen LogP contribution in [0.25, 0.3) is 0 Å². The number of para-hydroxylation sites is 2. The summed E-state index contributed by atoms with van der Waals surface area (Å²) in [5.74, 6) is -1.21. The Labute approximate surface area is 168 Å². The number of ether oxygens (including phenoxy) is 2. The van der Waals surface area contributed by atoms with Crippen LogP contribution >= 0.6 is 0 Å². The molecule has 0 radical (unpaired) electrons. The highest BCUT2D eigenvalue weighted by molar-refractivity contribution is 5.80.